The molecule has 1 saturated carbocycles. The third-order valence-corrected chi connectivity index (χ3v) is 6.18. The molecule has 6 nitrogen and oxygen atoms in total. The fourth-order valence-corrected chi connectivity index (χ4v) is 4.27. The van der Waals surface area contributed by atoms with Crippen molar-refractivity contribution in [1.29, 1.82) is 0 Å². The van der Waals surface area contributed by atoms with E-state index in [0.717, 1.165) is 19.3 Å². The molecule has 1 aliphatic carbocycles. The predicted molar refractivity (Wildman–Crippen MR) is 91.2 cm³/mol. The van der Waals surface area contributed by atoms with E-state index in [9.17, 15) is 9.18 Å². The number of amides is 1. The van der Waals surface area contributed by atoms with Crippen molar-refractivity contribution in [3.8, 4) is 0 Å². The van der Waals surface area contributed by atoms with E-state index >= 15 is 0 Å². The normalized spacial score (nSPS) is 25.3. The summed E-state index contributed by atoms with van der Waals surface area (Å²) in [4.78, 5) is 16.8. The maximum Gasteiger partial charge on any atom is 0.250 e. The molecule has 0 bridgehead atoms. The lowest BCUT2D eigenvalue weighted by Crippen LogP contribution is -2.44. The van der Waals surface area contributed by atoms with Gasteiger partial charge in [-0.25, -0.2) is 4.39 Å². The van der Waals surface area contributed by atoms with E-state index in [0.29, 0.717) is 29.5 Å². The summed E-state index contributed by atoms with van der Waals surface area (Å²) in [6, 6.07) is 6.20. The molecule has 1 aromatic heterocycles. The maximum absolute atomic E-state index is 13.8. The van der Waals surface area contributed by atoms with E-state index in [1.54, 1.807) is 18.2 Å². The molecule has 2 fully saturated rings. The van der Waals surface area contributed by atoms with E-state index < -0.39 is 5.54 Å². The van der Waals surface area contributed by atoms with Crippen LogP contribution in [0.5, 0.6) is 0 Å². The second kappa shape index (κ2) is 6.42. The highest BCUT2D eigenvalue weighted by Crippen LogP contribution is 2.37. The largest absolute Gasteiger partial charge is 0.343 e. The Morgan fingerprint density at radius 2 is 2.20 bits per heavy atom. The number of nitrogens with one attached hydrogen (secondary N) is 1. The first-order chi connectivity index (χ1) is 12.0. The minimum Gasteiger partial charge on any atom is -0.343 e. The van der Waals surface area contributed by atoms with Crippen LogP contribution in [-0.2, 0) is 16.8 Å². The third kappa shape index (κ3) is 3.16. The van der Waals surface area contributed by atoms with Gasteiger partial charge in [-0.3, -0.25) is 4.79 Å². The quantitative estimate of drug-likeness (QED) is 0.865. The van der Waals surface area contributed by atoms with Crippen molar-refractivity contribution in [1.82, 2.24) is 15.5 Å². The zero-order valence-corrected chi connectivity index (χ0v) is 14.4. The molecule has 0 radical (unpaired) electrons. The van der Waals surface area contributed by atoms with Gasteiger partial charge in [0, 0.05) is 5.75 Å². The Hall–Kier alpha value is -1.93. The number of carbonyl (C=O) groups excluding carboxylic acids is 1. The number of rotatable bonds is 4. The first-order valence-electron chi connectivity index (χ1n) is 8.33. The Kier molecular flexibility index (Phi) is 4.24. The first-order valence-corrected chi connectivity index (χ1v) is 9.38. The number of benzene rings is 1. The number of thioether (sulfide) groups is 1. The first kappa shape index (κ1) is 16.5. The van der Waals surface area contributed by atoms with Crippen molar-refractivity contribution in [3.63, 3.8) is 0 Å². The van der Waals surface area contributed by atoms with E-state index in [2.05, 4.69) is 15.5 Å². The molecule has 0 spiro atoms. The van der Waals surface area contributed by atoms with Gasteiger partial charge in [0.1, 0.15) is 11.9 Å². The Labute approximate surface area is 148 Å². The summed E-state index contributed by atoms with van der Waals surface area (Å²) in [6.07, 6.45) is 3.12. The summed E-state index contributed by atoms with van der Waals surface area (Å²) < 4.78 is 19.1. The SMILES string of the molecule is NC1(c2noc(C3CSC(Cc4ccccc4F)C(=O)N3)n2)CCC1. The summed E-state index contributed by atoms with van der Waals surface area (Å²) >= 11 is 1.48. The number of halogens is 1. The van der Waals surface area contributed by atoms with Crippen molar-refractivity contribution >= 4 is 17.7 Å². The van der Waals surface area contributed by atoms with E-state index in [1.165, 1.54) is 17.8 Å². The van der Waals surface area contributed by atoms with Crippen molar-refractivity contribution in [2.24, 2.45) is 5.73 Å². The predicted octanol–water partition coefficient (Wildman–Crippen LogP) is 2.06. The summed E-state index contributed by atoms with van der Waals surface area (Å²) in [6.45, 7) is 0. The Morgan fingerprint density at radius 1 is 1.40 bits per heavy atom. The highest BCUT2D eigenvalue weighted by molar-refractivity contribution is 8.00. The minimum absolute atomic E-state index is 0.143. The van der Waals surface area contributed by atoms with Crippen LogP contribution in [0.2, 0.25) is 0 Å². The molecule has 25 heavy (non-hydrogen) atoms. The third-order valence-electron chi connectivity index (χ3n) is 4.87. The number of aromatic nitrogens is 2. The Balaban J connectivity index is 1.41. The van der Waals surface area contributed by atoms with Gasteiger partial charge in [0.15, 0.2) is 5.82 Å². The smallest absolute Gasteiger partial charge is 0.250 e. The van der Waals surface area contributed by atoms with E-state index in [-0.39, 0.29) is 23.0 Å². The molecule has 4 rings (SSSR count). The van der Waals surface area contributed by atoms with Crippen LogP contribution in [0.4, 0.5) is 4.39 Å². The number of hydrogen-bond acceptors (Lipinski definition) is 6. The van der Waals surface area contributed by atoms with Crippen LogP contribution >= 0.6 is 11.8 Å². The molecule has 2 heterocycles. The summed E-state index contributed by atoms with van der Waals surface area (Å²) in [5.41, 5.74) is 6.26. The lowest BCUT2D eigenvalue weighted by atomic mass is 9.77. The molecule has 2 aliphatic rings. The van der Waals surface area contributed by atoms with Crippen LogP contribution in [0.1, 0.15) is 42.6 Å². The standard InChI is InChI=1S/C17H19FN4O2S/c18-11-5-2-1-4-10(11)8-13-14(23)20-12(9-25-13)15-21-16(22-24-15)17(19)6-3-7-17/h1-2,4-5,12-13H,3,6-9,19H2,(H,20,23). The van der Waals surface area contributed by atoms with E-state index in [4.69, 9.17) is 10.3 Å². The van der Waals surface area contributed by atoms with Gasteiger partial charge in [-0.1, -0.05) is 23.4 Å². The zero-order valence-electron chi connectivity index (χ0n) is 13.6. The van der Waals surface area contributed by atoms with Gasteiger partial charge in [0.05, 0.1) is 10.8 Å². The zero-order chi connectivity index (χ0) is 17.4. The Bertz CT molecular complexity index is 792. The van der Waals surface area contributed by atoms with Gasteiger partial charge in [-0.2, -0.15) is 4.98 Å². The summed E-state index contributed by atoms with van der Waals surface area (Å²) in [5.74, 6) is 1.08. The molecule has 1 aromatic carbocycles. The molecule has 1 amide bonds. The summed E-state index contributed by atoms with van der Waals surface area (Å²) in [5, 5.41) is 6.56. The van der Waals surface area contributed by atoms with E-state index in [1.807, 2.05) is 0 Å². The molecular formula is C17H19FN4O2S. The molecule has 132 valence electrons. The fraction of sp³-hybridized carbons (Fsp3) is 0.471. The molecule has 1 aliphatic heterocycles. The van der Waals surface area contributed by atoms with Gasteiger partial charge in [0.25, 0.3) is 0 Å². The average molecular weight is 362 g/mol. The molecule has 2 aromatic rings. The second-order valence-electron chi connectivity index (χ2n) is 6.64. The van der Waals surface area contributed by atoms with Crippen LogP contribution in [0, 0.1) is 5.82 Å². The van der Waals surface area contributed by atoms with Crippen molar-refractivity contribution in [3.05, 3.63) is 47.4 Å². The van der Waals surface area contributed by atoms with Crippen LogP contribution in [0.15, 0.2) is 28.8 Å². The molecule has 1 saturated heterocycles. The maximum atomic E-state index is 13.8. The molecule has 2 unspecified atom stereocenters. The number of hydrogen-bond donors (Lipinski definition) is 2. The molecular weight excluding hydrogens is 343 g/mol. The van der Waals surface area contributed by atoms with Gasteiger partial charge in [-0.15, -0.1) is 11.8 Å². The van der Waals surface area contributed by atoms with Gasteiger partial charge in [0.2, 0.25) is 11.8 Å². The van der Waals surface area contributed by atoms with Gasteiger partial charge < -0.3 is 15.6 Å². The number of carbonyl (C=O) groups is 1. The van der Waals surface area contributed by atoms with Crippen LogP contribution < -0.4 is 11.1 Å². The lowest BCUT2D eigenvalue weighted by molar-refractivity contribution is -0.121. The highest BCUT2D eigenvalue weighted by Gasteiger charge is 2.40. The molecule has 8 heteroatoms. The van der Waals surface area contributed by atoms with Crippen LogP contribution in [0.3, 0.4) is 0 Å². The lowest BCUT2D eigenvalue weighted by Gasteiger charge is -2.34. The summed E-state index contributed by atoms with van der Waals surface area (Å²) in [7, 11) is 0. The minimum atomic E-state index is -0.485. The highest BCUT2D eigenvalue weighted by atomic mass is 32.2. The van der Waals surface area contributed by atoms with Gasteiger partial charge in [-0.05, 0) is 37.3 Å². The monoisotopic (exact) mass is 362 g/mol. The molecule has 3 N–H and O–H groups in total. The topological polar surface area (TPSA) is 94.0 Å². The van der Waals surface area contributed by atoms with Crippen LogP contribution in [-0.4, -0.2) is 27.1 Å². The van der Waals surface area contributed by atoms with Crippen molar-refractivity contribution < 1.29 is 13.7 Å². The number of nitrogens with two attached hydrogens (primary N) is 1. The second-order valence-corrected chi connectivity index (χ2v) is 7.88. The number of nitrogens with zero attached hydrogens (tertiary/aromatic N) is 2. The average Bonchev–Trinajstić information content (AvgIpc) is 3.07. The fourth-order valence-electron chi connectivity index (χ4n) is 3.10. The molecule has 2 atom stereocenters. The van der Waals surface area contributed by atoms with Crippen molar-refractivity contribution in [2.75, 3.05) is 5.75 Å². The Morgan fingerprint density at radius 3 is 2.88 bits per heavy atom. The van der Waals surface area contributed by atoms with Crippen molar-refractivity contribution in [2.45, 2.75) is 42.5 Å². The van der Waals surface area contributed by atoms with Crippen LogP contribution in [0.25, 0.3) is 0 Å². The van der Waals surface area contributed by atoms with Gasteiger partial charge >= 0.3 is 0 Å².